The van der Waals surface area contributed by atoms with Crippen LogP contribution in [-0.4, -0.2) is 44.7 Å². The Morgan fingerprint density at radius 1 is 1.04 bits per heavy atom. The van der Waals surface area contributed by atoms with Crippen LogP contribution in [0.25, 0.3) is 0 Å². The van der Waals surface area contributed by atoms with E-state index in [-0.39, 0.29) is 12.5 Å². The highest BCUT2D eigenvalue weighted by Crippen LogP contribution is 2.28. The van der Waals surface area contributed by atoms with Crippen molar-refractivity contribution in [2.45, 2.75) is 13.5 Å². The fourth-order valence-corrected chi connectivity index (χ4v) is 2.41. The fraction of sp³-hybridized carbons (Fsp3) is 0.300. The zero-order chi connectivity index (χ0) is 19.1. The molecule has 2 aromatic rings. The molecule has 138 valence electrons. The third-order valence-electron chi connectivity index (χ3n) is 4.03. The van der Waals surface area contributed by atoms with Gasteiger partial charge in [0.1, 0.15) is 0 Å². The highest BCUT2D eigenvalue weighted by atomic mass is 16.5. The molecule has 0 bridgehead atoms. The first-order valence-electron chi connectivity index (χ1n) is 8.14. The maximum Gasteiger partial charge on any atom is 0.337 e. The summed E-state index contributed by atoms with van der Waals surface area (Å²) < 4.78 is 15.5. The van der Waals surface area contributed by atoms with Crippen molar-refractivity contribution < 1.29 is 23.8 Å². The number of esters is 1. The molecule has 2 aromatic carbocycles. The van der Waals surface area contributed by atoms with E-state index in [4.69, 9.17) is 9.47 Å². The minimum absolute atomic E-state index is 0.129. The Morgan fingerprint density at radius 3 is 2.42 bits per heavy atom. The number of ether oxygens (including phenoxy) is 3. The largest absolute Gasteiger partial charge is 0.493 e. The Balaban J connectivity index is 2.00. The van der Waals surface area contributed by atoms with Crippen molar-refractivity contribution in [2.75, 3.05) is 27.9 Å². The lowest BCUT2D eigenvalue weighted by Gasteiger charge is -2.19. The predicted octanol–water partition coefficient (Wildman–Crippen LogP) is 2.83. The lowest BCUT2D eigenvalue weighted by atomic mass is 10.1. The number of nitrogens with zero attached hydrogens (tertiary/aromatic N) is 1. The van der Waals surface area contributed by atoms with Crippen LogP contribution < -0.4 is 9.47 Å². The highest BCUT2D eigenvalue weighted by molar-refractivity contribution is 5.90. The lowest BCUT2D eigenvalue weighted by Crippen LogP contribution is -2.31. The van der Waals surface area contributed by atoms with E-state index in [0.29, 0.717) is 23.6 Å². The molecule has 0 heterocycles. The summed E-state index contributed by atoms with van der Waals surface area (Å²) in [5, 5.41) is 0. The van der Waals surface area contributed by atoms with Gasteiger partial charge in [0.05, 0.1) is 19.8 Å². The molecule has 0 spiro atoms. The molecule has 0 aliphatic carbocycles. The molecular formula is C20H23NO5. The molecule has 6 nitrogen and oxygen atoms in total. The maximum absolute atomic E-state index is 12.3. The summed E-state index contributed by atoms with van der Waals surface area (Å²) in [5.74, 6) is 0.122. The van der Waals surface area contributed by atoms with E-state index in [2.05, 4.69) is 4.74 Å². The molecule has 0 saturated carbocycles. The molecule has 0 atom stereocenters. The Bertz CT molecular complexity index is 788. The summed E-state index contributed by atoms with van der Waals surface area (Å²) in [7, 11) is 4.51. The Morgan fingerprint density at radius 2 is 1.77 bits per heavy atom. The monoisotopic (exact) mass is 357 g/mol. The Hall–Kier alpha value is -3.02. The number of aryl methyl sites for hydroxylation is 1. The SMILES string of the molecule is COC(=O)c1ccc(OCC(=O)N(C)Cc2ccccc2C)c(OC)c1. The average Bonchev–Trinajstić information content (AvgIpc) is 2.66. The summed E-state index contributed by atoms with van der Waals surface area (Å²) in [6.45, 7) is 2.39. The lowest BCUT2D eigenvalue weighted by molar-refractivity contribution is -0.132. The van der Waals surface area contributed by atoms with Crippen LogP contribution in [-0.2, 0) is 16.1 Å². The van der Waals surface area contributed by atoms with Crippen molar-refractivity contribution in [3.63, 3.8) is 0 Å². The number of carbonyl (C=O) groups excluding carboxylic acids is 2. The zero-order valence-electron chi connectivity index (χ0n) is 15.4. The molecule has 0 unspecified atom stereocenters. The molecule has 0 saturated heterocycles. The first-order valence-corrected chi connectivity index (χ1v) is 8.14. The number of methoxy groups -OCH3 is 2. The second kappa shape index (κ2) is 8.89. The topological polar surface area (TPSA) is 65.1 Å². The minimum Gasteiger partial charge on any atom is -0.493 e. The second-order valence-electron chi connectivity index (χ2n) is 5.82. The van der Waals surface area contributed by atoms with Crippen LogP contribution in [0.1, 0.15) is 21.5 Å². The quantitative estimate of drug-likeness (QED) is 0.713. The van der Waals surface area contributed by atoms with Crippen molar-refractivity contribution in [1.29, 1.82) is 0 Å². The van der Waals surface area contributed by atoms with E-state index in [0.717, 1.165) is 11.1 Å². The van der Waals surface area contributed by atoms with Gasteiger partial charge in [-0.05, 0) is 36.2 Å². The number of amides is 1. The van der Waals surface area contributed by atoms with Crippen LogP contribution in [0, 0.1) is 6.92 Å². The molecule has 0 fully saturated rings. The molecule has 0 aliphatic heterocycles. The summed E-state index contributed by atoms with van der Waals surface area (Å²) in [6, 6.07) is 12.6. The van der Waals surface area contributed by atoms with Gasteiger partial charge in [-0.1, -0.05) is 24.3 Å². The van der Waals surface area contributed by atoms with E-state index in [1.54, 1.807) is 24.1 Å². The third-order valence-corrected chi connectivity index (χ3v) is 4.03. The minimum atomic E-state index is -0.469. The first-order chi connectivity index (χ1) is 12.5. The van der Waals surface area contributed by atoms with Crippen molar-refractivity contribution >= 4 is 11.9 Å². The smallest absolute Gasteiger partial charge is 0.337 e. The van der Waals surface area contributed by atoms with Crippen LogP contribution >= 0.6 is 0 Å². The molecule has 0 radical (unpaired) electrons. The van der Waals surface area contributed by atoms with Gasteiger partial charge in [-0.25, -0.2) is 4.79 Å². The molecule has 2 rings (SSSR count). The van der Waals surface area contributed by atoms with E-state index in [1.165, 1.54) is 20.3 Å². The molecule has 0 aromatic heterocycles. The van der Waals surface area contributed by atoms with Crippen LogP contribution in [0.15, 0.2) is 42.5 Å². The van der Waals surface area contributed by atoms with Gasteiger partial charge < -0.3 is 19.1 Å². The van der Waals surface area contributed by atoms with E-state index < -0.39 is 5.97 Å². The molecule has 26 heavy (non-hydrogen) atoms. The van der Waals surface area contributed by atoms with Crippen molar-refractivity contribution in [3.05, 3.63) is 59.2 Å². The second-order valence-corrected chi connectivity index (χ2v) is 5.82. The van der Waals surface area contributed by atoms with Crippen molar-refractivity contribution in [2.24, 2.45) is 0 Å². The van der Waals surface area contributed by atoms with Gasteiger partial charge in [0.25, 0.3) is 5.91 Å². The Labute approximate surface area is 153 Å². The Kier molecular flexibility index (Phi) is 6.60. The zero-order valence-corrected chi connectivity index (χ0v) is 15.4. The van der Waals surface area contributed by atoms with Gasteiger partial charge in [-0.15, -0.1) is 0 Å². The molecule has 6 heteroatoms. The molecule has 1 amide bonds. The summed E-state index contributed by atoms with van der Waals surface area (Å²) in [6.07, 6.45) is 0. The third kappa shape index (κ3) is 4.75. The number of benzene rings is 2. The average molecular weight is 357 g/mol. The molecular weight excluding hydrogens is 334 g/mol. The number of carbonyl (C=O) groups is 2. The van der Waals surface area contributed by atoms with Crippen LogP contribution in [0.4, 0.5) is 0 Å². The van der Waals surface area contributed by atoms with Gasteiger partial charge in [0.2, 0.25) is 0 Å². The van der Waals surface area contributed by atoms with Crippen molar-refractivity contribution in [3.8, 4) is 11.5 Å². The summed E-state index contributed by atoms with van der Waals surface area (Å²) in [5.41, 5.74) is 2.57. The van der Waals surface area contributed by atoms with Gasteiger partial charge >= 0.3 is 5.97 Å². The van der Waals surface area contributed by atoms with E-state index in [1.807, 2.05) is 31.2 Å². The van der Waals surface area contributed by atoms with E-state index >= 15 is 0 Å². The number of rotatable bonds is 7. The number of hydrogen-bond acceptors (Lipinski definition) is 5. The number of hydrogen-bond donors (Lipinski definition) is 0. The molecule has 0 aliphatic rings. The normalized spacial score (nSPS) is 10.2. The van der Waals surface area contributed by atoms with Crippen molar-refractivity contribution in [1.82, 2.24) is 4.90 Å². The summed E-state index contributed by atoms with van der Waals surface area (Å²) in [4.78, 5) is 25.5. The van der Waals surface area contributed by atoms with Crippen LogP contribution in [0.3, 0.4) is 0 Å². The van der Waals surface area contributed by atoms with Crippen LogP contribution in [0.5, 0.6) is 11.5 Å². The summed E-state index contributed by atoms with van der Waals surface area (Å²) >= 11 is 0. The highest BCUT2D eigenvalue weighted by Gasteiger charge is 2.15. The van der Waals surface area contributed by atoms with Crippen LogP contribution in [0.2, 0.25) is 0 Å². The standard InChI is InChI=1S/C20H23NO5/c1-14-7-5-6-8-16(14)12-21(2)19(22)13-26-17-10-9-15(20(23)25-4)11-18(17)24-3/h5-11H,12-13H2,1-4H3. The maximum atomic E-state index is 12.3. The predicted molar refractivity (Wildman–Crippen MR) is 97.5 cm³/mol. The fourth-order valence-electron chi connectivity index (χ4n) is 2.41. The number of likely N-dealkylation sites (N-methyl/N-ethyl adjacent to an activating group) is 1. The van der Waals surface area contributed by atoms with Gasteiger partial charge in [-0.2, -0.15) is 0 Å². The molecule has 0 N–H and O–H groups in total. The van der Waals surface area contributed by atoms with Gasteiger partial charge in [0.15, 0.2) is 18.1 Å². The van der Waals surface area contributed by atoms with Gasteiger partial charge in [0, 0.05) is 13.6 Å². The van der Waals surface area contributed by atoms with E-state index in [9.17, 15) is 9.59 Å². The van der Waals surface area contributed by atoms with Gasteiger partial charge in [-0.3, -0.25) is 4.79 Å². The first kappa shape index (κ1) is 19.3.